The monoisotopic (exact) mass is 442 g/mol. The molecule has 8 heteroatoms. The van der Waals surface area contributed by atoms with Gasteiger partial charge in [0.05, 0.1) is 3.79 Å². The van der Waals surface area contributed by atoms with E-state index in [1.807, 2.05) is 31.2 Å². The number of halogens is 1. The van der Waals surface area contributed by atoms with E-state index in [1.165, 1.54) is 4.31 Å². The topological polar surface area (TPSA) is 66.5 Å². The van der Waals surface area contributed by atoms with Crippen LogP contribution in [0.15, 0.2) is 44.4 Å². The Bertz CT molecular complexity index is 880. The van der Waals surface area contributed by atoms with Gasteiger partial charge in [0.2, 0.25) is 5.91 Å². The molecule has 2 aromatic rings. The number of carbonyl (C=O) groups is 1. The number of aryl methyl sites for hydroxylation is 1. The van der Waals surface area contributed by atoms with Gasteiger partial charge in [-0.15, -0.1) is 11.3 Å². The van der Waals surface area contributed by atoms with Crippen LogP contribution in [0, 0.1) is 6.92 Å². The van der Waals surface area contributed by atoms with Crippen LogP contribution in [-0.2, 0) is 21.4 Å². The van der Waals surface area contributed by atoms with Gasteiger partial charge in [0.15, 0.2) is 0 Å². The minimum Gasteiger partial charge on any atom is -0.351 e. The molecule has 1 saturated heterocycles. The Labute approximate surface area is 160 Å². The molecule has 1 atom stereocenters. The lowest BCUT2D eigenvalue weighted by Crippen LogP contribution is -2.45. The summed E-state index contributed by atoms with van der Waals surface area (Å²) in [6, 6.07) is 10.5. The summed E-state index contributed by atoms with van der Waals surface area (Å²) in [5.74, 6) is -0.236. The average Bonchev–Trinajstić information content (AvgIpc) is 3.23. The van der Waals surface area contributed by atoms with E-state index in [1.54, 1.807) is 12.1 Å². The van der Waals surface area contributed by atoms with Crippen molar-refractivity contribution in [3.63, 3.8) is 0 Å². The van der Waals surface area contributed by atoms with Crippen LogP contribution in [0.2, 0.25) is 0 Å². The number of benzene rings is 1. The second-order valence-electron chi connectivity index (χ2n) is 5.98. The van der Waals surface area contributed by atoms with Crippen LogP contribution in [0.3, 0.4) is 0 Å². The highest BCUT2D eigenvalue weighted by Gasteiger charge is 2.39. The third-order valence-corrected chi connectivity index (χ3v) is 8.33. The summed E-state index contributed by atoms with van der Waals surface area (Å²) >= 11 is 4.45. The molecule has 0 saturated carbocycles. The van der Waals surface area contributed by atoms with Crippen molar-refractivity contribution in [2.75, 3.05) is 6.54 Å². The van der Waals surface area contributed by atoms with Crippen LogP contribution in [0.1, 0.15) is 24.0 Å². The lowest BCUT2D eigenvalue weighted by atomic mass is 10.1. The minimum atomic E-state index is -3.64. The molecule has 0 spiro atoms. The number of hydrogen-bond donors (Lipinski definition) is 1. The lowest BCUT2D eigenvalue weighted by molar-refractivity contribution is -0.124. The van der Waals surface area contributed by atoms with Crippen molar-refractivity contribution in [3.05, 3.63) is 51.3 Å². The zero-order valence-electron chi connectivity index (χ0n) is 13.7. The fourth-order valence-electron chi connectivity index (χ4n) is 2.95. The number of carbonyl (C=O) groups excluding carboxylic acids is 1. The molecule has 0 radical (unpaired) electrons. The third kappa shape index (κ3) is 3.97. The summed E-state index contributed by atoms with van der Waals surface area (Å²) in [5.41, 5.74) is 2.13. The smallest absolute Gasteiger partial charge is 0.253 e. The summed E-state index contributed by atoms with van der Waals surface area (Å²) < 4.78 is 28.0. The summed E-state index contributed by atoms with van der Waals surface area (Å²) in [7, 11) is -3.64. The first-order chi connectivity index (χ1) is 11.9. The third-order valence-electron chi connectivity index (χ3n) is 4.33. The molecule has 1 amide bonds. The molecular weight excluding hydrogens is 424 g/mol. The lowest BCUT2D eigenvalue weighted by Gasteiger charge is -2.22. The fraction of sp³-hybridized carbons (Fsp3) is 0.353. The first-order valence-electron chi connectivity index (χ1n) is 7.99. The highest BCUT2D eigenvalue weighted by molar-refractivity contribution is 9.11. The van der Waals surface area contributed by atoms with Crippen LogP contribution in [0.25, 0.3) is 0 Å². The van der Waals surface area contributed by atoms with E-state index in [4.69, 9.17) is 0 Å². The molecule has 1 fully saturated rings. The van der Waals surface area contributed by atoms with Gasteiger partial charge in [-0.3, -0.25) is 4.79 Å². The molecule has 1 unspecified atom stereocenters. The zero-order valence-corrected chi connectivity index (χ0v) is 17.0. The normalized spacial score (nSPS) is 18.4. The molecule has 2 heterocycles. The predicted molar refractivity (Wildman–Crippen MR) is 102 cm³/mol. The van der Waals surface area contributed by atoms with Gasteiger partial charge in [0.1, 0.15) is 10.3 Å². The summed E-state index contributed by atoms with van der Waals surface area (Å²) in [4.78, 5) is 12.6. The Morgan fingerprint density at radius 2 is 2.08 bits per heavy atom. The minimum absolute atomic E-state index is 0.236. The van der Waals surface area contributed by atoms with Gasteiger partial charge in [-0.2, -0.15) is 4.31 Å². The SMILES string of the molecule is Cc1ccccc1CNC(=O)C1CCCN1S(=O)(=O)c1ccc(Br)s1. The largest absolute Gasteiger partial charge is 0.351 e. The Morgan fingerprint density at radius 1 is 1.32 bits per heavy atom. The first-order valence-corrected chi connectivity index (χ1v) is 11.0. The van der Waals surface area contributed by atoms with Gasteiger partial charge < -0.3 is 5.32 Å². The molecule has 3 rings (SSSR count). The van der Waals surface area contributed by atoms with Gasteiger partial charge in [-0.1, -0.05) is 24.3 Å². The number of rotatable bonds is 5. The second kappa shape index (κ2) is 7.57. The van der Waals surface area contributed by atoms with Crippen molar-refractivity contribution >= 4 is 43.2 Å². The summed E-state index contributed by atoms with van der Waals surface area (Å²) in [5, 5.41) is 2.89. The Kier molecular flexibility index (Phi) is 5.62. The van der Waals surface area contributed by atoms with Gasteiger partial charge >= 0.3 is 0 Å². The maximum absolute atomic E-state index is 12.8. The van der Waals surface area contributed by atoms with Crippen LogP contribution < -0.4 is 5.32 Å². The van der Waals surface area contributed by atoms with E-state index in [0.717, 1.165) is 26.3 Å². The Balaban J connectivity index is 1.73. The van der Waals surface area contributed by atoms with E-state index in [9.17, 15) is 13.2 Å². The van der Waals surface area contributed by atoms with E-state index in [-0.39, 0.29) is 10.1 Å². The van der Waals surface area contributed by atoms with Crippen molar-refractivity contribution < 1.29 is 13.2 Å². The van der Waals surface area contributed by atoms with Crippen molar-refractivity contribution in [2.24, 2.45) is 0 Å². The molecule has 0 aliphatic carbocycles. The molecular formula is C17H19BrN2O3S2. The van der Waals surface area contributed by atoms with Crippen LogP contribution in [0.5, 0.6) is 0 Å². The molecule has 1 N–H and O–H groups in total. The molecule has 1 aliphatic rings. The van der Waals surface area contributed by atoms with Crippen molar-refractivity contribution in [3.8, 4) is 0 Å². The van der Waals surface area contributed by atoms with Crippen molar-refractivity contribution in [1.29, 1.82) is 0 Å². The number of hydrogen-bond acceptors (Lipinski definition) is 4. The van der Waals surface area contributed by atoms with E-state index in [2.05, 4.69) is 21.2 Å². The standard InChI is InChI=1S/C17H19BrN2O3S2/c1-12-5-2-3-6-13(12)11-19-17(21)14-7-4-10-20(14)25(22,23)16-9-8-15(18)24-16/h2-3,5-6,8-9,14H,4,7,10-11H2,1H3,(H,19,21). The number of thiophene rings is 1. The molecule has 134 valence electrons. The number of sulfonamides is 1. The molecule has 5 nitrogen and oxygen atoms in total. The van der Waals surface area contributed by atoms with E-state index < -0.39 is 16.1 Å². The average molecular weight is 443 g/mol. The maximum Gasteiger partial charge on any atom is 0.253 e. The molecule has 1 aromatic carbocycles. The van der Waals surface area contributed by atoms with Crippen LogP contribution >= 0.6 is 27.3 Å². The van der Waals surface area contributed by atoms with Gasteiger partial charge in [-0.05, 0) is 59.0 Å². The van der Waals surface area contributed by atoms with E-state index in [0.29, 0.717) is 25.9 Å². The molecule has 25 heavy (non-hydrogen) atoms. The maximum atomic E-state index is 12.8. The summed E-state index contributed by atoms with van der Waals surface area (Å²) in [6.07, 6.45) is 1.24. The molecule has 1 aliphatic heterocycles. The fourth-order valence-corrected chi connectivity index (χ4v) is 6.75. The van der Waals surface area contributed by atoms with Crippen molar-refractivity contribution in [2.45, 2.75) is 36.6 Å². The molecule has 0 bridgehead atoms. The van der Waals surface area contributed by atoms with Gasteiger partial charge in [0, 0.05) is 13.1 Å². The van der Waals surface area contributed by atoms with Gasteiger partial charge in [0.25, 0.3) is 10.0 Å². The quantitative estimate of drug-likeness (QED) is 0.772. The summed E-state index contributed by atoms with van der Waals surface area (Å²) in [6.45, 7) is 2.77. The van der Waals surface area contributed by atoms with Crippen LogP contribution in [0.4, 0.5) is 0 Å². The van der Waals surface area contributed by atoms with Crippen LogP contribution in [-0.4, -0.2) is 31.2 Å². The Morgan fingerprint density at radius 3 is 2.76 bits per heavy atom. The van der Waals surface area contributed by atoms with E-state index >= 15 is 0 Å². The first kappa shape index (κ1) is 18.6. The number of nitrogens with one attached hydrogen (secondary N) is 1. The van der Waals surface area contributed by atoms with Gasteiger partial charge in [-0.25, -0.2) is 8.42 Å². The second-order valence-corrected chi connectivity index (χ2v) is 10.6. The zero-order chi connectivity index (χ0) is 18.0. The highest BCUT2D eigenvalue weighted by atomic mass is 79.9. The Hall–Kier alpha value is -1.22. The number of nitrogens with zero attached hydrogens (tertiary/aromatic N) is 1. The molecule has 1 aromatic heterocycles. The number of amides is 1. The predicted octanol–water partition coefficient (Wildman–Crippen LogP) is 3.29. The van der Waals surface area contributed by atoms with Crippen molar-refractivity contribution in [1.82, 2.24) is 9.62 Å². The highest BCUT2D eigenvalue weighted by Crippen LogP contribution is 2.32.